The average molecular weight is 469 g/mol. The number of rotatable bonds is 7. The maximum atomic E-state index is 11.4. The Morgan fingerprint density at radius 3 is 1.82 bits per heavy atom. The molecule has 0 aliphatic rings. The van der Waals surface area contributed by atoms with Crippen LogP contribution in [0.2, 0.25) is 0 Å². The highest BCUT2D eigenvalue weighted by Gasteiger charge is 2.26. The Morgan fingerprint density at radius 1 is 0.939 bits per heavy atom. The first-order valence-electron chi connectivity index (χ1n) is 10.5. The van der Waals surface area contributed by atoms with Crippen LogP contribution < -0.4 is 0 Å². The first-order chi connectivity index (χ1) is 15.7. The molecule has 0 radical (unpaired) electrons. The number of benzene rings is 2. The summed E-state index contributed by atoms with van der Waals surface area (Å²) in [5.74, 6) is 0. The number of aryl methyl sites for hydroxylation is 4. The zero-order valence-corrected chi connectivity index (χ0v) is 21.2. The van der Waals surface area contributed by atoms with Crippen LogP contribution >= 0.6 is 7.60 Å². The lowest BCUT2D eigenvalue weighted by Gasteiger charge is -2.10. The second-order valence-corrected chi connectivity index (χ2v) is 9.03. The summed E-state index contributed by atoms with van der Waals surface area (Å²) < 4.78 is 21.0. The van der Waals surface area contributed by atoms with E-state index in [0.717, 1.165) is 17.4 Å². The van der Waals surface area contributed by atoms with Gasteiger partial charge < -0.3 is 13.9 Å². The molecule has 6 nitrogen and oxygen atoms in total. The van der Waals surface area contributed by atoms with Crippen LogP contribution in [-0.4, -0.2) is 25.8 Å². The van der Waals surface area contributed by atoms with E-state index >= 15 is 0 Å². The average Bonchev–Trinajstić information content (AvgIpc) is 2.78. The molecule has 2 aromatic rings. The first-order valence-corrected chi connectivity index (χ1v) is 12.3. The van der Waals surface area contributed by atoms with Crippen LogP contribution in [0.15, 0.2) is 42.5 Å². The van der Waals surface area contributed by atoms with Crippen LogP contribution in [-0.2, 0) is 13.6 Å². The predicted octanol–water partition coefficient (Wildman–Crippen LogP) is 7.09. The highest BCUT2D eigenvalue weighted by Crippen LogP contribution is 2.47. The van der Waals surface area contributed by atoms with Gasteiger partial charge in [-0.25, -0.2) is 6.57 Å². The van der Waals surface area contributed by atoms with Gasteiger partial charge in [-0.2, -0.15) is 5.26 Å². The summed E-state index contributed by atoms with van der Waals surface area (Å²) in [6.07, 6.45) is 3.98. The normalized spacial score (nSPS) is 10.2. The topological polar surface area (TPSA) is 80.8 Å². The van der Waals surface area contributed by atoms with Crippen molar-refractivity contribution >= 4 is 20.0 Å². The SMILES string of the molecule is Cc1ccc(/C=C/C#N)cc1C.Cc1ccc(C=O)cc1C.[C-]#[N+]CP(=O)(OCC)OCC. The van der Waals surface area contributed by atoms with Gasteiger partial charge in [-0.15, -0.1) is 0 Å². The molecule has 2 rings (SSSR count). The Balaban J connectivity index is 0.000000467. The third kappa shape index (κ3) is 12.6. The molecule has 2 aromatic carbocycles. The van der Waals surface area contributed by atoms with Crippen LogP contribution in [0.25, 0.3) is 10.9 Å². The molecule has 0 bridgehead atoms. The van der Waals surface area contributed by atoms with E-state index in [4.69, 9.17) is 20.9 Å². The third-order valence-electron chi connectivity index (χ3n) is 4.44. The molecule has 33 heavy (non-hydrogen) atoms. The number of aldehydes is 1. The van der Waals surface area contributed by atoms with E-state index < -0.39 is 7.60 Å². The van der Waals surface area contributed by atoms with Gasteiger partial charge in [-0.3, -0.25) is 9.36 Å². The van der Waals surface area contributed by atoms with Gasteiger partial charge >= 0.3 is 13.9 Å². The number of carbonyl (C=O) groups excluding carboxylic acids is 1. The summed E-state index contributed by atoms with van der Waals surface area (Å²) in [4.78, 5) is 13.3. The van der Waals surface area contributed by atoms with E-state index in [9.17, 15) is 9.36 Å². The van der Waals surface area contributed by atoms with E-state index in [-0.39, 0.29) is 6.29 Å². The molecule has 0 aliphatic carbocycles. The second kappa shape index (κ2) is 16.6. The van der Waals surface area contributed by atoms with Crippen molar-refractivity contribution in [2.24, 2.45) is 0 Å². The smallest absolute Gasteiger partial charge is 0.304 e. The van der Waals surface area contributed by atoms with Gasteiger partial charge in [-0.05, 0) is 81.5 Å². The molecule has 0 aromatic heterocycles. The highest BCUT2D eigenvalue weighted by molar-refractivity contribution is 7.54. The fourth-order valence-electron chi connectivity index (χ4n) is 2.44. The molecule has 176 valence electrons. The third-order valence-corrected chi connectivity index (χ3v) is 6.23. The van der Waals surface area contributed by atoms with Gasteiger partial charge in [-0.1, -0.05) is 30.3 Å². The molecule has 0 spiro atoms. The van der Waals surface area contributed by atoms with Crippen LogP contribution in [0.4, 0.5) is 0 Å². The van der Waals surface area contributed by atoms with E-state index in [1.54, 1.807) is 13.8 Å². The lowest BCUT2D eigenvalue weighted by atomic mass is 10.1. The standard InChI is InChI=1S/C11H11N.C9H10O.C6H12NO3P/c1-9-5-6-11(4-3-7-12)8-10(9)2;1-7-3-4-9(6-10)5-8(7)2;1-4-9-11(8,6-7-3)10-5-2/h3-6,8H,1-2H3;3-6H,1-2H3;4-6H2,1-2H3/b4-3+;;. The van der Waals surface area contributed by atoms with Gasteiger partial charge in [0.25, 0.3) is 0 Å². The summed E-state index contributed by atoms with van der Waals surface area (Å²) in [6, 6.07) is 13.8. The number of allylic oxidation sites excluding steroid dienone is 1. The fraction of sp³-hybridized carbons (Fsp3) is 0.346. The summed E-state index contributed by atoms with van der Waals surface area (Å²) in [5, 5.41) is 8.31. The Kier molecular flexibility index (Phi) is 15.1. The first kappa shape index (κ1) is 30.0. The van der Waals surface area contributed by atoms with E-state index in [0.29, 0.717) is 13.2 Å². The fourth-order valence-corrected chi connectivity index (χ4v) is 3.64. The molecular formula is C26H33N2O4P. The number of carbonyl (C=O) groups is 1. The van der Waals surface area contributed by atoms with Crippen molar-refractivity contribution in [1.29, 1.82) is 5.26 Å². The molecule has 0 aliphatic heterocycles. The van der Waals surface area contributed by atoms with Gasteiger partial charge in [0.1, 0.15) is 6.29 Å². The zero-order chi connectivity index (χ0) is 25.3. The Labute approximate surface area is 198 Å². The summed E-state index contributed by atoms with van der Waals surface area (Å²) in [6.45, 7) is 18.7. The lowest BCUT2D eigenvalue weighted by molar-refractivity contribution is 0.112. The minimum Gasteiger partial charge on any atom is -0.304 e. The van der Waals surface area contributed by atoms with Crippen molar-refractivity contribution in [1.82, 2.24) is 0 Å². The second-order valence-electron chi connectivity index (χ2n) is 7.01. The quantitative estimate of drug-likeness (QED) is 0.188. The number of nitrogens with zero attached hydrogens (tertiary/aromatic N) is 2. The summed E-state index contributed by atoms with van der Waals surface area (Å²) >= 11 is 0. The molecular weight excluding hydrogens is 435 g/mol. The minimum atomic E-state index is -3.07. The molecule has 0 saturated heterocycles. The Morgan fingerprint density at radius 2 is 1.42 bits per heavy atom. The van der Waals surface area contributed by atoms with Crippen LogP contribution in [0.1, 0.15) is 52.0 Å². The molecule has 7 heteroatoms. The molecule has 0 N–H and O–H groups in total. The van der Waals surface area contributed by atoms with Crippen LogP contribution in [0.5, 0.6) is 0 Å². The van der Waals surface area contributed by atoms with E-state index in [1.165, 1.54) is 28.3 Å². The van der Waals surface area contributed by atoms with Crippen LogP contribution in [0.3, 0.4) is 0 Å². The van der Waals surface area contributed by atoms with E-state index in [1.807, 2.05) is 50.3 Å². The largest absolute Gasteiger partial charge is 0.409 e. The summed E-state index contributed by atoms with van der Waals surface area (Å²) in [7, 11) is -3.07. The predicted molar refractivity (Wildman–Crippen MR) is 134 cm³/mol. The molecule has 0 heterocycles. The van der Waals surface area contributed by atoms with Crippen LogP contribution in [0, 0.1) is 45.6 Å². The van der Waals surface area contributed by atoms with Crippen molar-refractivity contribution in [2.75, 3.05) is 19.5 Å². The lowest BCUT2D eigenvalue weighted by Crippen LogP contribution is -1.97. The molecule has 0 amide bonds. The Hall–Kier alpha value is -3.02. The molecule has 0 fully saturated rings. The number of hydrogen-bond donors (Lipinski definition) is 0. The van der Waals surface area contributed by atoms with Gasteiger partial charge in [0.2, 0.25) is 0 Å². The Bertz CT molecular complexity index is 1040. The number of hydrogen-bond acceptors (Lipinski definition) is 5. The van der Waals surface area contributed by atoms with Crippen molar-refractivity contribution in [2.45, 2.75) is 41.5 Å². The van der Waals surface area contributed by atoms with Crippen molar-refractivity contribution in [3.8, 4) is 6.07 Å². The molecule has 0 saturated carbocycles. The molecule has 0 unspecified atom stereocenters. The maximum Gasteiger partial charge on any atom is 0.409 e. The van der Waals surface area contributed by atoms with Crippen molar-refractivity contribution in [3.63, 3.8) is 0 Å². The zero-order valence-electron chi connectivity index (χ0n) is 20.3. The van der Waals surface area contributed by atoms with Gasteiger partial charge in [0.15, 0.2) is 0 Å². The van der Waals surface area contributed by atoms with Gasteiger partial charge in [0.05, 0.1) is 19.3 Å². The minimum absolute atomic E-state index is 0.186. The monoisotopic (exact) mass is 468 g/mol. The van der Waals surface area contributed by atoms with Crippen molar-refractivity contribution < 1.29 is 18.4 Å². The van der Waals surface area contributed by atoms with E-state index in [2.05, 4.69) is 30.8 Å². The van der Waals surface area contributed by atoms with Crippen molar-refractivity contribution in [3.05, 3.63) is 87.3 Å². The summed E-state index contributed by atoms with van der Waals surface area (Å²) in [5.41, 5.74) is 6.78. The van der Waals surface area contributed by atoms with Gasteiger partial charge in [0, 0.05) is 11.6 Å². The highest BCUT2D eigenvalue weighted by atomic mass is 31.2. The maximum absolute atomic E-state index is 11.4. The molecule has 0 atom stereocenters. The number of nitriles is 1.